The van der Waals surface area contributed by atoms with Gasteiger partial charge in [0.15, 0.2) is 0 Å². The summed E-state index contributed by atoms with van der Waals surface area (Å²) in [4.78, 5) is 16.2. The fraction of sp³-hybridized carbons (Fsp3) is 0.625. The molecule has 2 atom stereocenters. The third-order valence-corrected chi connectivity index (χ3v) is 1.95. The summed E-state index contributed by atoms with van der Waals surface area (Å²) in [5.74, 6) is -0.298. The lowest BCUT2D eigenvalue weighted by Gasteiger charge is -2.19. The number of rotatable bonds is 2. The second kappa shape index (κ2) is 3.58. The van der Waals surface area contributed by atoms with Crippen LogP contribution < -0.4 is 0 Å². The maximum absolute atomic E-state index is 11.5. The van der Waals surface area contributed by atoms with Crippen LogP contribution in [0.4, 0.5) is 0 Å². The lowest BCUT2D eigenvalue weighted by molar-refractivity contribution is -0.173. The molecule has 12 heavy (non-hydrogen) atoms. The summed E-state index contributed by atoms with van der Waals surface area (Å²) in [5.41, 5.74) is 0. The van der Waals surface area contributed by atoms with Crippen molar-refractivity contribution in [1.82, 2.24) is 5.06 Å². The SMILES string of the molecule is CON(C)C(=O)C1C=COC1C. The molecule has 0 radical (unpaired) electrons. The maximum Gasteiger partial charge on any atom is 0.256 e. The van der Waals surface area contributed by atoms with Gasteiger partial charge in [-0.05, 0) is 13.0 Å². The number of amides is 1. The number of carbonyl (C=O) groups is 1. The predicted octanol–water partition coefficient (Wildman–Crippen LogP) is 0.555. The number of nitrogens with zero attached hydrogens (tertiary/aromatic N) is 1. The summed E-state index contributed by atoms with van der Waals surface area (Å²) >= 11 is 0. The van der Waals surface area contributed by atoms with Gasteiger partial charge in [-0.3, -0.25) is 9.63 Å². The molecule has 4 nitrogen and oxygen atoms in total. The van der Waals surface area contributed by atoms with Gasteiger partial charge in [-0.25, -0.2) is 5.06 Å². The predicted molar refractivity (Wildman–Crippen MR) is 43.0 cm³/mol. The van der Waals surface area contributed by atoms with Crippen molar-refractivity contribution in [2.75, 3.05) is 14.2 Å². The first-order chi connectivity index (χ1) is 5.66. The van der Waals surface area contributed by atoms with Crippen LogP contribution in [-0.4, -0.2) is 31.2 Å². The molecule has 1 heterocycles. The Morgan fingerprint density at radius 3 is 2.75 bits per heavy atom. The zero-order valence-corrected chi connectivity index (χ0v) is 7.48. The van der Waals surface area contributed by atoms with Gasteiger partial charge in [0.25, 0.3) is 5.91 Å². The number of hydroxylamine groups is 2. The molecule has 0 aromatic rings. The van der Waals surface area contributed by atoms with E-state index in [4.69, 9.17) is 9.57 Å². The van der Waals surface area contributed by atoms with Gasteiger partial charge in [0.1, 0.15) is 6.10 Å². The minimum Gasteiger partial charge on any atom is -0.497 e. The molecule has 4 heteroatoms. The van der Waals surface area contributed by atoms with Crippen LogP contribution in [0.15, 0.2) is 12.3 Å². The first-order valence-corrected chi connectivity index (χ1v) is 3.80. The molecule has 0 aromatic carbocycles. The molecular weight excluding hydrogens is 158 g/mol. The highest BCUT2D eigenvalue weighted by Crippen LogP contribution is 2.18. The largest absolute Gasteiger partial charge is 0.497 e. The van der Waals surface area contributed by atoms with Crippen LogP contribution in [0.3, 0.4) is 0 Å². The third kappa shape index (κ3) is 1.58. The molecule has 2 unspecified atom stereocenters. The van der Waals surface area contributed by atoms with Gasteiger partial charge in [0.2, 0.25) is 0 Å². The average Bonchev–Trinajstić information content (AvgIpc) is 2.48. The lowest BCUT2D eigenvalue weighted by Crippen LogP contribution is -2.35. The Kier molecular flexibility index (Phi) is 2.70. The highest BCUT2D eigenvalue weighted by molar-refractivity contribution is 5.80. The fourth-order valence-electron chi connectivity index (χ4n) is 1.08. The molecule has 0 spiro atoms. The van der Waals surface area contributed by atoms with E-state index in [2.05, 4.69) is 0 Å². The summed E-state index contributed by atoms with van der Waals surface area (Å²) in [5, 5.41) is 1.21. The van der Waals surface area contributed by atoms with E-state index in [1.54, 1.807) is 19.4 Å². The van der Waals surface area contributed by atoms with Crippen LogP contribution >= 0.6 is 0 Å². The van der Waals surface area contributed by atoms with Crippen molar-refractivity contribution in [2.24, 2.45) is 5.92 Å². The van der Waals surface area contributed by atoms with E-state index in [1.165, 1.54) is 12.2 Å². The Morgan fingerprint density at radius 1 is 1.67 bits per heavy atom. The van der Waals surface area contributed by atoms with Crippen molar-refractivity contribution < 1.29 is 14.4 Å². The Bertz CT molecular complexity index is 202. The normalized spacial score (nSPS) is 26.9. The number of hydrogen-bond donors (Lipinski definition) is 0. The Balaban J connectivity index is 2.57. The van der Waals surface area contributed by atoms with Gasteiger partial charge in [0.05, 0.1) is 19.3 Å². The smallest absolute Gasteiger partial charge is 0.256 e. The van der Waals surface area contributed by atoms with E-state index in [0.29, 0.717) is 0 Å². The van der Waals surface area contributed by atoms with E-state index < -0.39 is 0 Å². The second-order valence-corrected chi connectivity index (χ2v) is 2.71. The quantitative estimate of drug-likeness (QED) is 0.570. The summed E-state index contributed by atoms with van der Waals surface area (Å²) in [7, 11) is 3.04. The van der Waals surface area contributed by atoms with Crippen LogP contribution in [0.2, 0.25) is 0 Å². The van der Waals surface area contributed by atoms with Crippen LogP contribution in [0.25, 0.3) is 0 Å². The molecular formula is C8H13NO3. The van der Waals surface area contributed by atoms with Crippen molar-refractivity contribution in [3.63, 3.8) is 0 Å². The summed E-state index contributed by atoms with van der Waals surface area (Å²) in [6, 6.07) is 0. The molecule has 0 bridgehead atoms. The first-order valence-electron chi connectivity index (χ1n) is 3.80. The molecule has 0 saturated carbocycles. The first kappa shape index (κ1) is 9.06. The van der Waals surface area contributed by atoms with Crippen molar-refractivity contribution >= 4 is 5.91 Å². The highest BCUT2D eigenvalue weighted by atomic mass is 16.7. The minimum absolute atomic E-state index is 0.0845. The zero-order valence-electron chi connectivity index (χ0n) is 7.48. The standard InChI is InChI=1S/C8H13NO3/c1-6-7(4-5-12-6)8(10)9(2)11-3/h4-7H,1-3H3. The summed E-state index contributed by atoms with van der Waals surface area (Å²) < 4.78 is 5.10. The van der Waals surface area contributed by atoms with Gasteiger partial charge in [0, 0.05) is 7.05 Å². The average molecular weight is 171 g/mol. The van der Waals surface area contributed by atoms with E-state index in [0.717, 1.165) is 0 Å². The molecule has 1 aliphatic rings. The lowest BCUT2D eigenvalue weighted by atomic mass is 10.1. The van der Waals surface area contributed by atoms with Gasteiger partial charge in [-0.2, -0.15) is 0 Å². The third-order valence-electron chi connectivity index (χ3n) is 1.95. The monoisotopic (exact) mass is 171 g/mol. The van der Waals surface area contributed by atoms with E-state index >= 15 is 0 Å². The highest BCUT2D eigenvalue weighted by Gasteiger charge is 2.29. The van der Waals surface area contributed by atoms with Crippen LogP contribution in [0, 0.1) is 5.92 Å². The summed E-state index contributed by atoms with van der Waals surface area (Å²) in [6.45, 7) is 1.85. The van der Waals surface area contributed by atoms with Crippen molar-refractivity contribution in [3.05, 3.63) is 12.3 Å². The van der Waals surface area contributed by atoms with E-state index in [1.807, 2.05) is 6.92 Å². The number of ether oxygens (including phenoxy) is 1. The molecule has 1 amide bonds. The van der Waals surface area contributed by atoms with Gasteiger partial charge in [-0.15, -0.1) is 0 Å². The molecule has 1 aliphatic heterocycles. The second-order valence-electron chi connectivity index (χ2n) is 2.71. The van der Waals surface area contributed by atoms with E-state index in [-0.39, 0.29) is 17.9 Å². The number of carbonyl (C=O) groups excluding carboxylic acids is 1. The van der Waals surface area contributed by atoms with Crippen molar-refractivity contribution in [3.8, 4) is 0 Å². The number of hydrogen-bond acceptors (Lipinski definition) is 3. The maximum atomic E-state index is 11.5. The van der Waals surface area contributed by atoms with Crippen LogP contribution in [0.5, 0.6) is 0 Å². The molecule has 0 N–H and O–H groups in total. The van der Waals surface area contributed by atoms with Crippen molar-refractivity contribution in [2.45, 2.75) is 13.0 Å². The van der Waals surface area contributed by atoms with Gasteiger partial charge >= 0.3 is 0 Å². The Hall–Kier alpha value is -1.03. The zero-order chi connectivity index (χ0) is 9.14. The van der Waals surface area contributed by atoms with Crippen LogP contribution in [0.1, 0.15) is 6.92 Å². The fourth-order valence-corrected chi connectivity index (χ4v) is 1.08. The van der Waals surface area contributed by atoms with Gasteiger partial charge in [-0.1, -0.05) is 0 Å². The molecule has 1 rings (SSSR count). The molecule has 0 saturated heterocycles. The summed E-state index contributed by atoms with van der Waals surface area (Å²) in [6.07, 6.45) is 3.20. The Morgan fingerprint density at radius 2 is 2.33 bits per heavy atom. The topological polar surface area (TPSA) is 38.8 Å². The Labute approximate surface area is 71.7 Å². The van der Waals surface area contributed by atoms with Crippen molar-refractivity contribution in [1.29, 1.82) is 0 Å². The molecule has 0 aliphatic carbocycles. The molecule has 68 valence electrons. The van der Waals surface area contributed by atoms with E-state index in [9.17, 15) is 4.79 Å². The molecule has 0 aromatic heterocycles. The van der Waals surface area contributed by atoms with Crippen LogP contribution in [-0.2, 0) is 14.4 Å². The van der Waals surface area contributed by atoms with Gasteiger partial charge < -0.3 is 4.74 Å². The molecule has 0 fully saturated rings. The minimum atomic E-state index is -0.213.